The van der Waals surface area contributed by atoms with Crippen LogP contribution in [-0.2, 0) is 0 Å². The molecule has 4 heterocycles. The van der Waals surface area contributed by atoms with Crippen LogP contribution in [0.3, 0.4) is 0 Å². The zero-order chi connectivity index (χ0) is 23.2. The average molecular weight is 481 g/mol. The minimum Gasteiger partial charge on any atom is -0.493 e. The third-order valence-corrected chi connectivity index (χ3v) is 6.97. The van der Waals surface area contributed by atoms with Crippen molar-refractivity contribution < 1.29 is 4.74 Å². The van der Waals surface area contributed by atoms with Crippen LogP contribution in [0.4, 0.5) is 11.9 Å². The van der Waals surface area contributed by atoms with Crippen LogP contribution < -0.4 is 14.5 Å². The lowest BCUT2D eigenvalue weighted by Crippen LogP contribution is -2.34. The van der Waals surface area contributed by atoms with E-state index in [4.69, 9.17) is 19.7 Å². The highest BCUT2D eigenvalue weighted by Gasteiger charge is 2.21. The van der Waals surface area contributed by atoms with E-state index in [1.54, 1.807) is 22.8 Å². The molecule has 0 radical (unpaired) electrons. The third kappa shape index (κ3) is 5.78. The van der Waals surface area contributed by atoms with Crippen LogP contribution in [0.25, 0.3) is 5.95 Å². The lowest BCUT2D eigenvalue weighted by molar-refractivity contribution is 0.344. The minimum absolute atomic E-state index is 0.534. The van der Waals surface area contributed by atoms with Crippen LogP contribution in [0.15, 0.2) is 35.7 Å². The Morgan fingerprint density at radius 1 is 0.794 bits per heavy atom. The van der Waals surface area contributed by atoms with Crippen molar-refractivity contribution >= 4 is 23.7 Å². The molecule has 3 aromatic rings. The summed E-state index contributed by atoms with van der Waals surface area (Å²) in [6.07, 6.45) is 8.93. The van der Waals surface area contributed by atoms with E-state index in [-0.39, 0.29) is 0 Å². The zero-order valence-electron chi connectivity index (χ0n) is 19.8. The van der Waals surface area contributed by atoms with Gasteiger partial charge in [0.25, 0.3) is 5.95 Å². The fourth-order valence-electron chi connectivity index (χ4n) is 4.25. The first-order valence-corrected chi connectivity index (χ1v) is 13.2. The number of hydrogen-bond acceptors (Lipinski definition) is 9. The molecule has 5 rings (SSSR count). The number of anilines is 2. The van der Waals surface area contributed by atoms with Gasteiger partial charge >= 0.3 is 0 Å². The van der Waals surface area contributed by atoms with Crippen LogP contribution in [0.2, 0.25) is 0 Å². The second-order valence-electron chi connectivity index (χ2n) is 8.81. The molecule has 10 heteroatoms. The molecule has 2 fully saturated rings. The summed E-state index contributed by atoms with van der Waals surface area (Å²) >= 11 is 1.56. The van der Waals surface area contributed by atoms with Gasteiger partial charge in [0.05, 0.1) is 6.61 Å². The Labute approximate surface area is 205 Å². The summed E-state index contributed by atoms with van der Waals surface area (Å²) in [6, 6.07) is 8.09. The van der Waals surface area contributed by atoms with E-state index in [9.17, 15) is 0 Å². The fourth-order valence-corrected chi connectivity index (χ4v) is 4.87. The van der Waals surface area contributed by atoms with Gasteiger partial charge < -0.3 is 14.5 Å². The Kier molecular flexibility index (Phi) is 7.43. The molecule has 1 aromatic carbocycles. The van der Waals surface area contributed by atoms with Crippen molar-refractivity contribution in [3.63, 3.8) is 0 Å². The first-order valence-electron chi connectivity index (χ1n) is 12.2. The predicted octanol–water partition coefficient (Wildman–Crippen LogP) is 3.91. The van der Waals surface area contributed by atoms with Crippen molar-refractivity contribution in [2.24, 2.45) is 0 Å². The monoisotopic (exact) mass is 480 g/mol. The van der Waals surface area contributed by atoms with E-state index in [1.165, 1.54) is 44.1 Å². The van der Waals surface area contributed by atoms with E-state index >= 15 is 0 Å². The molecule has 2 aliphatic heterocycles. The number of nitrogens with zero attached hydrogens (tertiary/aromatic N) is 8. The number of hydrogen-bond donors (Lipinski definition) is 0. The van der Waals surface area contributed by atoms with Crippen LogP contribution in [0.1, 0.15) is 44.1 Å². The van der Waals surface area contributed by atoms with Crippen molar-refractivity contribution in [2.75, 3.05) is 48.3 Å². The fraction of sp³-hybridized carbons (Fsp3) is 0.542. The van der Waals surface area contributed by atoms with Crippen LogP contribution in [0, 0.1) is 6.92 Å². The van der Waals surface area contributed by atoms with Gasteiger partial charge in [0, 0.05) is 31.9 Å². The molecule has 0 N–H and O–H groups in total. The first kappa shape index (κ1) is 22.9. The van der Waals surface area contributed by atoms with Crippen molar-refractivity contribution in [1.82, 2.24) is 29.7 Å². The number of benzene rings is 1. The van der Waals surface area contributed by atoms with Crippen LogP contribution >= 0.6 is 11.8 Å². The summed E-state index contributed by atoms with van der Waals surface area (Å²) < 4.78 is 7.49. The number of thioether (sulfide) groups is 1. The number of aryl methyl sites for hydroxylation is 1. The molecule has 0 amide bonds. The summed E-state index contributed by atoms with van der Waals surface area (Å²) in [5, 5.41) is 5.32. The second-order valence-corrected chi connectivity index (χ2v) is 9.87. The SMILES string of the molecule is Cc1ccc(OCCSc2ncn(-c3nc(N4CCCCC4)nc(N4CCCCC4)n3)n2)cc1. The van der Waals surface area contributed by atoms with Gasteiger partial charge in [0.2, 0.25) is 17.1 Å². The number of aromatic nitrogens is 6. The summed E-state index contributed by atoms with van der Waals surface area (Å²) in [4.78, 5) is 23.4. The Morgan fingerprint density at radius 2 is 1.38 bits per heavy atom. The van der Waals surface area contributed by atoms with Gasteiger partial charge in [0.1, 0.15) is 12.1 Å². The van der Waals surface area contributed by atoms with Crippen LogP contribution in [0.5, 0.6) is 5.75 Å². The van der Waals surface area contributed by atoms with Gasteiger partial charge in [0.15, 0.2) is 0 Å². The zero-order valence-corrected chi connectivity index (χ0v) is 20.6. The topological polar surface area (TPSA) is 85.1 Å². The Morgan fingerprint density at radius 3 is 2.00 bits per heavy atom. The molecular formula is C24H32N8OS. The summed E-state index contributed by atoms with van der Waals surface area (Å²) in [5.74, 6) is 3.67. The molecule has 9 nitrogen and oxygen atoms in total. The second kappa shape index (κ2) is 11.0. The third-order valence-electron chi connectivity index (χ3n) is 6.16. The normalized spacial score (nSPS) is 16.6. The molecule has 180 valence electrons. The lowest BCUT2D eigenvalue weighted by atomic mass is 10.1. The molecule has 2 aliphatic rings. The van der Waals surface area contributed by atoms with Gasteiger partial charge in [-0.05, 0) is 57.6 Å². The van der Waals surface area contributed by atoms with Crippen molar-refractivity contribution in [2.45, 2.75) is 50.6 Å². The van der Waals surface area contributed by atoms with Gasteiger partial charge in [-0.2, -0.15) is 19.6 Å². The first-order chi connectivity index (χ1) is 16.7. The smallest absolute Gasteiger partial charge is 0.258 e. The van der Waals surface area contributed by atoms with E-state index in [0.717, 1.165) is 49.6 Å². The molecule has 34 heavy (non-hydrogen) atoms. The molecule has 2 saturated heterocycles. The Bertz CT molecular complexity index is 1020. The van der Waals surface area contributed by atoms with Crippen molar-refractivity contribution in [1.29, 1.82) is 0 Å². The molecule has 0 bridgehead atoms. The Balaban J connectivity index is 1.27. The molecule has 0 saturated carbocycles. The molecule has 2 aromatic heterocycles. The lowest BCUT2D eigenvalue weighted by Gasteiger charge is -2.30. The average Bonchev–Trinajstić information content (AvgIpc) is 3.38. The van der Waals surface area contributed by atoms with E-state index in [2.05, 4.69) is 38.9 Å². The van der Waals surface area contributed by atoms with Gasteiger partial charge in [-0.3, -0.25) is 0 Å². The Hall–Kier alpha value is -2.88. The van der Waals surface area contributed by atoms with E-state index < -0.39 is 0 Å². The minimum atomic E-state index is 0.534. The molecule has 0 spiro atoms. The van der Waals surface area contributed by atoms with E-state index in [0.29, 0.717) is 17.7 Å². The van der Waals surface area contributed by atoms with Gasteiger partial charge in [-0.25, -0.2) is 4.98 Å². The summed E-state index contributed by atoms with van der Waals surface area (Å²) in [7, 11) is 0. The highest BCUT2D eigenvalue weighted by atomic mass is 32.2. The summed E-state index contributed by atoms with van der Waals surface area (Å²) in [5.41, 5.74) is 1.22. The predicted molar refractivity (Wildman–Crippen MR) is 134 cm³/mol. The highest BCUT2D eigenvalue weighted by molar-refractivity contribution is 7.99. The quantitative estimate of drug-likeness (QED) is 0.352. The highest BCUT2D eigenvalue weighted by Crippen LogP contribution is 2.23. The largest absolute Gasteiger partial charge is 0.493 e. The van der Waals surface area contributed by atoms with Gasteiger partial charge in [-0.15, -0.1) is 5.10 Å². The number of ether oxygens (including phenoxy) is 1. The maximum absolute atomic E-state index is 5.81. The number of rotatable bonds is 8. The molecule has 0 aliphatic carbocycles. The molecule has 0 atom stereocenters. The maximum Gasteiger partial charge on any atom is 0.258 e. The standard InChI is InChI=1S/C24H32N8OS/c1-19-8-10-20(11-9-19)33-16-17-34-24-25-18-32(29-24)23-27-21(30-12-4-2-5-13-30)26-22(28-23)31-14-6-3-7-15-31/h8-11,18H,2-7,12-17H2,1H3. The molecule has 0 unspecified atom stereocenters. The van der Waals surface area contributed by atoms with E-state index in [1.807, 2.05) is 12.1 Å². The maximum atomic E-state index is 5.81. The summed E-state index contributed by atoms with van der Waals surface area (Å²) in [6.45, 7) is 6.61. The van der Waals surface area contributed by atoms with Crippen molar-refractivity contribution in [3.05, 3.63) is 36.2 Å². The number of piperidine rings is 2. The van der Waals surface area contributed by atoms with Crippen LogP contribution in [-0.4, -0.2) is 68.3 Å². The van der Waals surface area contributed by atoms with Gasteiger partial charge in [-0.1, -0.05) is 29.5 Å². The molecular weight excluding hydrogens is 448 g/mol. The van der Waals surface area contributed by atoms with Crippen molar-refractivity contribution in [3.8, 4) is 11.7 Å².